The van der Waals surface area contributed by atoms with Gasteiger partial charge in [0.15, 0.2) is 0 Å². The molecule has 0 aliphatic rings. The zero-order valence-electron chi connectivity index (χ0n) is 13.8. The zero-order chi connectivity index (χ0) is 16.0. The van der Waals surface area contributed by atoms with Gasteiger partial charge in [-0.25, -0.2) is 8.42 Å². The molecule has 0 amide bonds. The number of aryl methyl sites for hydroxylation is 1. The Bertz CT molecular complexity index is 534. The molecule has 21 heavy (non-hydrogen) atoms. The van der Waals surface area contributed by atoms with Gasteiger partial charge in [0.1, 0.15) is 0 Å². The predicted octanol–water partition coefficient (Wildman–Crippen LogP) is 3.22. The lowest BCUT2D eigenvalue weighted by atomic mass is 10.0. The van der Waals surface area contributed by atoms with Gasteiger partial charge in [-0.3, -0.25) is 0 Å². The van der Waals surface area contributed by atoms with Crippen LogP contribution < -0.4 is 5.32 Å². The van der Waals surface area contributed by atoms with Gasteiger partial charge in [-0.2, -0.15) is 4.31 Å². The van der Waals surface area contributed by atoms with E-state index in [0.29, 0.717) is 30.4 Å². The standard InChI is InChI=1S/C15H28N2O2S2/c1-6-13(7-2)11-17(8-3)21(18,19)15-9-14(10-16-5)20-12(15)4/h9,13,16H,6-8,10-11H2,1-5H3. The fourth-order valence-corrected chi connectivity index (χ4v) is 5.55. The fraction of sp³-hybridized carbons (Fsp3) is 0.733. The van der Waals surface area contributed by atoms with Crippen LogP contribution in [0.5, 0.6) is 0 Å². The van der Waals surface area contributed by atoms with Gasteiger partial charge in [-0.1, -0.05) is 33.6 Å². The Morgan fingerprint density at radius 2 is 1.90 bits per heavy atom. The molecule has 0 spiro atoms. The van der Waals surface area contributed by atoms with Crippen molar-refractivity contribution in [1.82, 2.24) is 9.62 Å². The zero-order valence-corrected chi connectivity index (χ0v) is 15.4. The third-order valence-corrected chi connectivity index (χ3v) is 7.11. The first-order valence-electron chi connectivity index (χ1n) is 7.64. The van der Waals surface area contributed by atoms with E-state index < -0.39 is 10.0 Å². The second kappa shape index (κ2) is 8.27. The van der Waals surface area contributed by atoms with Crippen molar-refractivity contribution < 1.29 is 8.42 Å². The number of hydrogen-bond donors (Lipinski definition) is 1. The summed E-state index contributed by atoms with van der Waals surface area (Å²) in [6, 6.07) is 1.82. The van der Waals surface area contributed by atoms with Crippen LogP contribution in [0.3, 0.4) is 0 Å². The number of hydrogen-bond acceptors (Lipinski definition) is 4. The van der Waals surface area contributed by atoms with E-state index in [9.17, 15) is 8.42 Å². The maximum absolute atomic E-state index is 12.9. The minimum Gasteiger partial charge on any atom is -0.315 e. The number of nitrogens with zero attached hydrogens (tertiary/aromatic N) is 1. The lowest BCUT2D eigenvalue weighted by Gasteiger charge is -2.24. The lowest BCUT2D eigenvalue weighted by Crippen LogP contribution is -2.35. The Balaban J connectivity index is 3.06. The summed E-state index contributed by atoms with van der Waals surface area (Å²) >= 11 is 1.56. The molecule has 1 heterocycles. The van der Waals surface area contributed by atoms with Crippen LogP contribution >= 0.6 is 11.3 Å². The Morgan fingerprint density at radius 1 is 1.29 bits per heavy atom. The van der Waals surface area contributed by atoms with Gasteiger partial charge in [-0.05, 0) is 26.0 Å². The number of sulfonamides is 1. The average Bonchev–Trinajstić information content (AvgIpc) is 2.82. The van der Waals surface area contributed by atoms with Crippen LogP contribution in [0.15, 0.2) is 11.0 Å². The molecular weight excluding hydrogens is 304 g/mol. The summed E-state index contributed by atoms with van der Waals surface area (Å²) in [5.41, 5.74) is 0. The molecule has 122 valence electrons. The summed E-state index contributed by atoms with van der Waals surface area (Å²) in [7, 11) is -1.51. The van der Waals surface area contributed by atoms with Gasteiger partial charge >= 0.3 is 0 Å². The number of nitrogens with one attached hydrogen (secondary N) is 1. The van der Waals surface area contributed by atoms with Crippen molar-refractivity contribution in [3.63, 3.8) is 0 Å². The van der Waals surface area contributed by atoms with E-state index in [4.69, 9.17) is 0 Å². The summed E-state index contributed by atoms with van der Waals surface area (Å²) in [6.07, 6.45) is 2.02. The van der Waals surface area contributed by atoms with Crippen molar-refractivity contribution in [2.45, 2.75) is 52.0 Å². The average molecular weight is 333 g/mol. The predicted molar refractivity (Wildman–Crippen MR) is 90.3 cm³/mol. The van der Waals surface area contributed by atoms with Crippen LogP contribution in [0.25, 0.3) is 0 Å². The first kappa shape index (κ1) is 18.6. The van der Waals surface area contributed by atoms with Gasteiger partial charge < -0.3 is 5.32 Å². The Morgan fingerprint density at radius 3 is 2.38 bits per heavy atom. The Kier molecular flexibility index (Phi) is 7.33. The van der Waals surface area contributed by atoms with Gasteiger partial charge in [0.05, 0.1) is 4.90 Å². The lowest BCUT2D eigenvalue weighted by molar-refractivity contribution is 0.339. The molecule has 1 N–H and O–H groups in total. The van der Waals surface area contributed by atoms with Crippen LogP contribution in [-0.4, -0.2) is 32.9 Å². The minimum atomic E-state index is -3.38. The smallest absolute Gasteiger partial charge is 0.244 e. The first-order chi connectivity index (χ1) is 9.90. The molecule has 0 unspecified atom stereocenters. The van der Waals surface area contributed by atoms with Gasteiger partial charge in [-0.15, -0.1) is 11.3 Å². The molecule has 0 saturated carbocycles. The van der Waals surface area contributed by atoms with Gasteiger partial charge in [0.2, 0.25) is 10.0 Å². The van der Waals surface area contributed by atoms with Crippen molar-refractivity contribution >= 4 is 21.4 Å². The third kappa shape index (κ3) is 4.52. The second-order valence-corrected chi connectivity index (χ2v) is 8.55. The second-order valence-electron chi connectivity index (χ2n) is 5.30. The fourth-order valence-electron chi connectivity index (χ4n) is 2.41. The molecule has 0 saturated heterocycles. The van der Waals surface area contributed by atoms with Crippen LogP contribution in [-0.2, 0) is 16.6 Å². The number of rotatable bonds is 9. The van der Waals surface area contributed by atoms with Crippen molar-refractivity contribution in [3.05, 3.63) is 15.8 Å². The van der Waals surface area contributed by atoms with E-state index in [2.05, 4.69) is 19.2 Å². The molecule has 1 aromatic rings. The normalized spacial score (nSPS) is 12.5. The maximum Gasteiger partial charge on any atom is 0.244 e. The van der Waals surface area contributed by atoms with Crippen molar-refractivity contribution in [2.24, 2.45) is 5.92 Å². The van der Waals surface area contributed by atoms with Gasteiger partial charge in [0.25, 0.3) is 0 Å². The van der Waals surface area contributed by atoms with E-state index >= 15 is 0 Å². The summed E-state index contributed by atoms with van der Waals surface area (Å²) in [5.74, 6) is 0.426. The van der Waals surface area contributed by atoms with Crippen molar-refractivity contribution in [3.8, 4) is 0 Å². The van der Waals surface area contributed by atoms with Crippen LogP contribution in [0, 0.1) is 12.8 Å². The van der Waals surface area contributed by atoms with Crippen LogP contribution in [0.2, 0.25) is 0 Å². The third-order valence-electron chi connectivity index (χ3n) is 3.86. The molecule has 1 rings (SSSR count). The van der Waals surface area contributed by atoms with E-state index in [1.165, 1.54) is 0 Å². The van der Waals surface area contributed by atoms with Crippen LogP contribution in [0.4, 0.5) is 0 Å². The molecule has 0 radical (unpaired) electrons. The van der Waals surface area contributed by atoms with E-state index in [1.54, 1.807) is 15.6 Å². The molecule has 0 aliphatic carbocycles. The van der Waals surface area contributed by atoms with Crippen molar-refractivity contribution in [1.29, 1.82) is 0 Å². The largest absolute Gasteiger partial charge is 0.315 e. The maximum atomic E-state index is 12.9. The molecule has 0 atom stereocenters. The highest BCUT2D eigenvalue weighted by atomic mass is 32.2. The summed E-state index contributed by atoms with van der Waals surface area (Å²) in [4.78, 5) is 2.42. The van der Waals surface area contributed by atoms with E-state index in [-0.39, 0.29) is 0 Å². The number of thiophene rings is 1. The van der Waals surface area contributed by atoms with Crippen molar-refractivity contribution in [2.75, 3.05) is 20.1 Å². The highest BCUT2D eigenvalue weighted by Crippen LogP contribution is 2.29. The van der Waals surface area contributed by atoms with E-state index in [0.717, 1.165) is 22.6 Å². The molecule has 1 aromatic heterocycles. The first-order valence-corrected chi connectivity index (χ1v) is 9.90. The van der Waals surface area contributed by atoms with E-state index in [1.807, 2.05) is 27.0 Å². The summed E-state index contributed by atoms with van der Waals surface area (Å²) in [5, 5.41) is 3.07. The monoisotopic (exact) mass is 332 g/mol. The molecular formula is C15H28N2O2S2. The SMILES string of the molecule is CCC(CC)CN(CC)S(=O)(=O)c1cc(CNC)sc1C. The topological polar surface area (TPSA) is 49.4 Å². The molecule has 6 heteroatoms. The highest BCUT2D eigenvalue weighted by Gasteiger charge is 2.28. The summed E-state index contributed by atoms with van der Waals surface area (Å²) < 4.78 is 27.4. The highest BCUT2D eigenvalue weighted by molar-refractivity contribution is 7.89. The molecule has 0 aliphatic heterocycles. The van der Waals surface area contributed by atoms with Gasteiger partial charge in [0, 0.05) is 29.4 Å². The Labute approximate surface area is 133 Å². The Hall–Kier alpha value is -0.430. The molecule has 0 aromatic carbocycles. The molecule has 4 nitrogen and oxygen atoms in total. The molecule has 0 bridgehead atoms. The van der Waals surface area contributed by atoms with Crippen LogP contribution in [0.1, 0.15) is 43.4 Å². The summed E-state index contributed by atoms with van der Waals surface area (Å²) in [6.45, 7) is 9.89. The quantitative estimate of drug-likeness (QED) is 0.755. The minimum absolute atomic E-state index is 0.426. The molecule has 0 fully saturated rings.